The first-order chi connectivity index (χ1) is 16.5. The average molecular weight is 459 g/mol. The van der Waals surface area contributed by atoms with E-state index in [1.165, 1.54) is 26.9 Å². The van der Waals surface area contributed by atoms with Crippen LogP contribution in [-0.4, -0.2) is 39.3 Å². The number of methoxy groups -OCH3 is 4. The number of hydrogen-bond acceptors (Lipinski definition) is 6. The van der Waals surface area contributed by atoms with Gasteiger partial charge < -0.3 is 24.3 Å². The summed E-state index contributed by atoms with van der Waals surface area (Å²) in [7, 11) is 6.15. The fourth-order valence-corrected chi connectivity index (χ4v) is 3.73. The Kier molecular flexibility index (Phi) is 6.54. The van der Waals surface area contributed by atoms with Crippen LogP contribution in [0, 0.1) is 6.92 Å². The maximum Gasteiger partial charge on any atom is 0.255 e. The van der Waals surface area contributed by atoms with Gasteiger partial charge in [-0.2, -0.15) is 0 Å². The second kappa shape index (κ2) is 9.70. The van der Waals surface area contributed by atoms with Crippen LogP contribution in [0.1, 0.15) is 15.9 Å². The Morgan fingerprint density at radius 2 is 1.41 bits per heavy atom. The average Bonchev–Trinajstić information content (AvgIpc) is 2.87. The molecule has 0 fully saturated rings. The van der Waals surface area contributed by atoms with Crippen LogP contribution >= 0.6 is 0 Å². The van der Waals surface area contributed by atoms with Gasteiger partial charge in [0.2, 0.25) is 5.75 Å². The number of hydrogen-bond donors (Lipinski definition) is 1. The van der Waals surface area contributed by atoms with Crippen LogP contribution in [0.4, 0.5) is 5.69 Å². The number of carbonyl (C=O) groups is 1. The van der Waals surface area contributed by atoms with E-state index in [0.717, 1.165) is 22.2 Å². The monoisotopic (exact) mass is 458 g/mol. The van der Waals surface area contributed by atoms with E-state index in [1.807, 2.05) is 43.3 Å². The highest BCUT2D eigenvalue weighted by Gasteiger charge is 2.18. The van der Waals surface area contributed by atoms with Gasteiger partial charge in [-0.3, -0.25) is 4.79 Å². The summed E-state index contributed by atoms with van der Waals surface area (Å²) in [5, 5.41) is 3.71. The number of fused-ring (bicyclic) bond motifs is 1. The van der Waals surface area contributed by atoms with Crippen LogP contribution in [0.3, 0.4) is 0 Å². The Morgan fingerprint density at radius 1 is 0.765 bits per heavy atom. The highest BCUT2D eigenvalue weighted by molar-refractivity contribution is 6.06. The molecule has 1 N–H and O–H groups in total. The number of nitrogens with zero attached hydrogens (tertiary/aromatic N) is 1. The number of ether oxygens (including phenoxy) is 4. The molecule has 174 valence electrons. The van der Waals surface area contributed by atoms with E-state index in [0.29, 0.717) is 34.2 Å². The molecule has 4 aromatic rings. The van der Waals surface area contributed by atoms with Crippen molar-refractivity contribution in [2.45, 2.75) is 6.92 Å². The van der Waals surface area contributed by atoms with Crippen molar-refractivity contribution >= 4 is 22.5 Å². The van der Waals surface area contributed by atoms with Crippen LogP contribution in [-0.2, 0) is 0 Å². The normalized spacial score (nSPS) is 10.6. The number of carbonyl (C=O) groups excluding carboxylic acids is 1. The van der Waals surface area contributed by atoms with E-state index < -0.39 is 0 Å². The minimum atomic E-state index is -0.318. The molecule has 1 aromatic heterocycles. The van der Waals surface area contributed by atoms with Crippen molar-refractivity contribution in [3.63, 3.8) is 0 Å². The van der Waals surface area contributed by atoms with Gasteiger partial charge in [-0.1, -0.05) is 29.8 Å². The zero-order valence-electron chi connectivity index (χ0n) is 19.8. The van der Waals surface area contributed by atoms with Crippen molar-refractivity contribution in [2.24, 2.45) is 0 Å². The third kappa shape index (κ3) is 4.45. The third-order valence-corrected chi connectivity index (χ3v) is 5.52. The largest absolute Gasteiger partial charge is 0.496 e. The number of aromatic nitrogens is 1. The zero-order chi connectivity index (χ0) is 24.2. The molecule has 0 saturated heterocycles. The number of aryl methyl sites for hydroxylation is 1. The summed E-state index contributed by atoms with van der Waals surface area (Å²) >= 11 is 0. The number of rotatable bonds is 7. The zero-order valence-corrected chi connectivity index (χ0v) is 19.8. The van der Waals surface area contributed by atoms with E-state index in [2.05, 4.69) is 17.4 Å². The smallest absolute Gasteiger partial charge is 0.255 e. The first-order valence-corrected chi connectivity index (χ1v) is 10.6. The third-order valence-electron chi connectivity index (χ3n) is 5.52. The van der Waals surface area contributed by atoms with Gasteiger partial charge in [-0.15, -0.1) is 0 Å². The minimum absolute atomic E-state index is 0.318. The van der Waals surface area contributed by atoms with Crippen molar-refractivity contribution in [1.82, 2.24) is 4.98 Å². The standard InChI is InChI=1S/C27H26N2O5/c1-16-6-8-17(9-7-16)22-15-23(31-2)20-14-19(10-11-21(20)29-22)28-27(30)18-12-24(32-3)26(34-5)25(13-18)33-4/h6-15H,1-5H3,(H,28,30). The maximum atomic E-state index is 13.0. The molecule has 0 spiro atoms. The van der Waals surface area contributed by atoms with Crippen LogP contribution in [0.5, 0.6) is 23.0 Å². The number of nitrogens with one attached hydrogen (secondary N) is 1. The molecule has 0 aliphatic heterocycles. The van der Waals surface area contributed by atoms with Gasteiger partial charge in [0.15, 0.2) is 11.5 Å². The molecule has 0 radical (unpaired) electrons. The van der Waals surface area contributed by atoms with Crippen molar-refractivity contribution in [2.75, 3.05) is 33.8 Å². The van der Waals surface area contributed by atoms with Crippen molar-refractivity contribution in [3.8, 4) is 34.3 Å². The molecule has 4 rings (SSSR count). The number of pyridine rings is 1. The molecule has 0 atom stereocenters. The molecule has 0 aliphatic rings. The summed E-state index contributed by atoms with van der Waals surface area (Å²) in [6.07, 6.45) is 0. The molecule has 1 heterocycles. The second-order valence-corrected chi connectivity index (χ2v) is 7.68. The first kappa shape index (κ1) is 22.9. The molecule has 34 heavy (non-hydrogen) atoms. The number of benzene rings is 3. The van der Waals surface area contributed by atoms with Crippen LogP contribution < -0.4 is 24.3 Å². The number of amides is 1. The van der Waals surface area contributed by atoms with Crippen molar-refractivity contribution < 1.29 is 23.7 Å². The Hall–Kier alpha value is -4.26. The maximum absolute atomic E-state index is 13.0. The van der Waals surface area contributed by atoms with Gasteiger partial charge in [0.05, 0.1) is 39.6 Å². The molecule has 0 aliphatic carbocycles. The fourth-order valence-electron chi connectivity index (χ4n) is 3.73. The molecule has 7 heteroatoms. The van der Waals surface area contributed by atoms with E-state index in [-0.39, 0.29) is 5.91 Å². The summed E-state index contributed by atoms with van der Waals surface area (Å²) in [4.78, 5) is 17.8. The summed E-state index contributed by atoms with van der Waals surface area (Å²) in [5.41, 5.74) is 4.75. The van der Waals surface area contributed by atoms with Crippen molar-refractivity contribution in [1.29, 1.82) is 0 Å². The SMILES string of the molecule is COc1cc(C(=O)Nc2ccc3nc(-c4ccc(C)cc4)cc(OC)c3c2)cc(OC)c1OC. The van der Waals surface area contributed by atoms with E-state index in [4.69, 9.17) is 23.9 Å². The molecular weight excluding hydrogens is 432 g/mol. The van der Waals surface area contributed by atoms with Gasteiger partial charge in [0.25, 0.3) is 5.91 Å². The van der Waals surface area contributed by atoms with E-state index in [1.54, 1.807) is 19.2 Å². The summed E-state index contributed by atoms with van der Waals surface area (Å²) in [6.45, 7) is 2.05. The lowest BCUT2D eigenvalue weighted by atomic mass is 10.1. The lowest BCUT2D eigenvalue weighted by Gasteiger charge is -2.14. The van der Waals surface area contributed by atoms with Crippen molar-refractivity contribution in [3.05, 3.63) is 71.8 Å². The fraction of sp³-hybridized carbons (Fsp3) is 0.185. The highest BCUT2D eigenvalue weighted by atomic mass is 16.5. The Bertz CT molecular complexity index is 1320. The Balaban J connectivity index is 1.67. The van der Waals surface area contributed by atoms with E-state index >= 15 is 0 Å². The number of anilines is 1. The van der Waals surface area contributed by atoms with Crippen LogP contribution in [0.25, 0.3) is 22.2 Å². The predicted molar refractivity (Wildman–Crippen MR) is 133 cm³/mol. The van der Waals surface area contributed by atoms with Gasteiger partial charge in [0, 0.05) is 28.3 Å². The van der Waals surface area contributed by atoms with Gasteiger partial charge in [-0.05, 0) is 37.3 Å². The molecule has 7 nitrogen and oxygen atoms in total. The predicted octanol–water partition coefficient (Wildman–Crippen LogP) is 5.50. The van der Waals surface area contributed by atoms with Gasteiger partial charge in [-0.25, -0.2) is 4.98 Å². The van der Waals surface area contributed by atoms with Crippen LogP contribution in [0.15, 0.2) is 60.7 Å². The van der Waals surface area contributed by atoms with Gasteiger partial charge >= 0.3 is 0 Å². The molecule has 0 bridgehead atoms. The molecule has 3 aromatic carbocycles. The lowest BCUT2D eigenvalue weighted by molar-refractivity contribution is 0.102. The highest BCUT2D eigenvalue weighted by Crippen LogP contribution is 2.38. The minimum Gasteiger partial charge on any atom is -0.496 e. The molecule has 0 saturated carbocycles. The Labute approximate surface area is 198 Å². The summed E-state index contributed by atoms with van der Waals surface area (Å²) in [6, 6.07) is 18.8. The first-order valence-electron chi connectivity index (χ1n) is 10.6. The van der Waals surface area contributed by atoms with Gasteiger partial charge in [0.1, 0.15) is 5.75 Å². The molecule has 1 amide bonds. The summed E-state index contributed by atoms with van der Waals surface area (Å²) < 4.78 is 21.7. The summed E-state index contributed by atoms with van der Waals surface area (Å²) in [5.74, 6) is 1.58. The second-order valence-electron chi connectivity index (χ2n) is 7.68. The molecule has 0 unspecified atom stereocenters. The van der Waals surface area contributed by atoms with Crippen LogP contribution in [0.2, 0.25) is 0 Å². The Morgan fingerprint density at radius 3 is 2.00 bits per heavy atom. The molecular formula is C27H26N2O5. The quantitative estimate of drug-likeness (QED) is 0.394. The topological polar surface area (TPSA) is 78.9 Å². The lowest BCUT2D eigenvalue weighted by Crippen LogP contribution is -2.12. The van der Waals surface area contributed by atoms with E-state index in [9.17, 15) is 4.79 Å².